The first-order valence-corrected chi connectivity index (χ1v) is 6.25. The Morgan fingerprint density at radius 2 is 1.69 bits per heavy atom. The first-order valence-electron chi connectivity index (χ1n) is 6.25. The topological polar surface area (TPSA) is 23.5 Å². The Labute approximate surface area is 96.9 Å². The molecular formula is C14H19NO. The number of fused-ring (bicyclic) bond motifs is 1. The van der Waals surface area contributed by atoms with Gasteiger partial charge in [-0.25, -0.2) is 0 Å². The van der Waals surface area contributed by atoms with Crippen LogP contribution < -0.4 is 0 Å². The average molecular weight is 217 g/mol. The molecule has 0 amide bonds. The van der Waals surface area contributed by atoms with Crippen LogP contribution in [0.2, 0.25) is 0 Å². The van der Waals surface area contributed by atoms with E-state index in [1.807, 2.05) is 0 Å². The summed E-state index contributed by atoms with van der Waals surface area (Å²) in [7, 11) is 0. The fraction of sp³-hybridized carbons (Fsp3) is 0.571. The van der Waals surface area contributed by atoms with E-state index in [1.165, 1.54) is 18.7 Å². The molecule has 86 valence electrons. The van der Waals surface area contributed by atoms with E-state index in [4.69, 9.17) is 0 Å². The van der Waals surface area contributed by atoms with Crippen molar-refractivity contribution >= 4 is 0 Å². The highest BCUT2D eigenvalue weighted by atomic mass is 16.3. The maximum atomic E-state index is 9.59. The molecule has 0 aromatic heterocycles. The van der Waals surface area contributed by atoms with Crippen LogP contribution in [-0.2, 0) is 6.54 Å². The van der Waals surface area contributed by atoms with Crippen molar-refractivity contribution in [1.82, 2.24) is 4.90 Å². The molecule has 1 saturated heterocycles. The van der Waals surface area contributed by atoms with Crippen molar-refractivity contribution in [2.24, 2.45) is 11.8 Å². The molecule has 3 atom stereocenters. The summed E-state index contributed by atoms with van der Waals surface area (Å²) in [6.07, 6.45) is 2.03. The van der Waals surface area contributed by atoms with Gasteiger partial charge in [0.25, 0.3) is 0 Å². The van der Waals surface area contributed by atoms with Crippen LogP contribution >= 0.6 is 0 Å². The number of benzene rings is 1. The predicted octanol–water partition coefficient (Wildman–Crippen LogP) is 1.89. The number of rotatable bonds is 2. The quantitative estimate of drug-likeness (QED) is 0.817. The Bertz CT molecular complexity index is 337. The first kappa shape index (κ1) is 10.3. The minimum absolute atomic E-state index is 0.0196. The summed E-state index contributed by atoms with van der Waals surface area (Å²) in [6, 6.07) is 10.7. The van der Waals surface area contributed by atoms with Gasteiger partial charge in [0, 0.05) is 19.6 Å². The van der Waals surface area contributed by atoms with E-state index in [1.54, 1.807) is 0 Å². The lowest BCUT2D eigenvalue weighted by atomic mass is 10.0. The van der Waals surface area contributed by atoms with Crippen LogP contribution in [0.4, 0.5) is 0 Å². The van der Waals surface area contributed by atoms with Crippen molar-refractivity contribution in [3.05, 3.63) is 35.9 Å². The molecule has 0 radical (unpaired) electrons. The standard InChI is InChI=1S/C14H19NO/c16-14-6-12-9-15(10-13(12)7-14)8-11-4-2-1-3-5-11/h1-5,12-14,16H,6-10H2/t12-,13+,14?. The van der Waals surface area contributed by atoms with E-state index in [9.17, 15) is 5.11 Å². The van der Waals surface area contributed by atoms with E-state index in [2.05, 4.69) is 35.2 Å². The Hall–Kier alpha value is -0.860. The second-order valence-electron chi connectivity index (χ2n) is 5.33. The van der Waals surface area contributed by atoms with Crippen LogP contribution in [0.1, 0.15) is 18.4 Å². The molecule has 2 aliphatic rings. The lowest BCUT2D eigenvalue weighted by Gasteiger charge is -2.17. The Kier molecular flexibility index (Phi) is 2.70. The van der Waals surface area contributed by atoms with Gasteiger partial charge in [-0.3, -0.25) is 4.90 Å². The third-order valence-electron chi connectivity index (χ3n) is 4.05. The van der Waals surface area contributed by atoms with Crippen molar-refractivity contribution in [1.29, 1.82) is 0 Å². The normalized spacial score (nSPS) is 34.2. The van der Waals surface area contributed by atoms with Gasteiger partial charge in [-0.2, -0.15) is 0 Å². The third kappa shape index (κ3) is 2.00. The minimum atomic E-state index is -0.0196. The number of hydrogen-bond acceptors (Lipinski definition) is 2. The monoisotopic (exact) mass is 217 g/mol. The maximum absolute atomic E-state index is 9.59. The first-order chi connectivity index (χ1) is 7.81. The van der Waals surface area contributed by atoms with Gasteiger partial charge < -0.3 is 5.11 Å². The van der Waals surface area contributed by atoms with Crippen molar-refractivity contribution in [2.45, 2.75) is 25.5 Å². The average Bonchev–Trinajstić information content (AvgIpc) is 2.76. The van der Waals surface area contributed by atoms with E-state index in [0.717, 1.165) is 31.2 Å². The van der Waals surface area contributed by atoms with Gasteiger partial charge in [0.1, 0.15) is 0 Å². The lowest BCUT2D eigenvalue weighted by Crippen LogP contribution is -2.22. The zero-order valence-corrected chi connectivity index (χ0v) is 9.55. The van der Waals surface area contributed by atoms with Crippen LogP contribution in [-0.4, -0.2) is 29.2 Å². The largest absolute Gasteiger partial charge is 0.393 e. The molecule has 1 heterocycles. The van der Waals surface area contributed by atoms with Crippen molar-refractivity contribution in [3.63, 3.8) is 0 Å². The van der Waals surface area contributed by atoms with Crippen LogP contribution in [0.5, 0.6) is 0 Å². The molecule has 1 aliphatic carbocycles. The molecule has 16 heavy (non-hydrogen) atoms. The molecule has 0 bridgehead atoms. The summed E-state index contributed by atoms with van der Waals surface area (Å²) in [5.41, 5.74) is 1.41. The Morgan fingerprint density at radius 3 is 2.31 bits per heavy atom. The highest BCUT2D eigenvalue weighted by Crippen LogP contribution is 2.38. The molecule has 3 rings (SSSR count). The molecule has 2 nitrogen and oxygen atoms in total. The Morgan fingerprint density at radius 1 is 1.06 bits per heavy atom. The summed E-state index contributed by atoms with van der Waals surface area (Å²) in [5, 5.41) is 9.59. The van der Waals surface area contributed by atoms with E-state index < -0.39 is 0 Å². The van der Waals surface area contributed by atoms with Crippen LogP contribution in [0, 0.1) is 11.8 Å². The van der Waals surface area contributed by atoms with Crippen molar-refractivity contribution in [3.8, 4) is 0 Å². The molecule has 1 saturated carbocycles. The molecule has 0 spiro atoms. The number of aliphatic hydroxyl groups excluding tert-OH is 1. The van der Waals surface area contributed by atoms with Gasteiger partial charge >= 0.3 is 0 Å². The number of aliphatic hydroxyl groups is 1. The molecule has 1 aliphatic heterocycles. The molecule has 2 fully saturated rings. The lowest BCUT2D eigenvalue weighted by molar-refractivity contribution is 0.161. The van der Waals surface area contributed by atoms with E-state index in [-0.39, 0.29) is 6.10 Å². The van der Waals surface area contributed by atoms with E-state index >= 15 is 0 Å². The zero-order valence-electron chi connectivity index (χ0n) is 9.55. The van der Waals surface area contributed by atoms with Crippen LogP contribution in [0.3, 0.4) is 0 Å². The molecule has 1 unspecified atom stereocenters. The molecule has 1 aromatic rings. The highest BCUT2D eigenvalue weighted by molar-refractivity contribution is 5.14. The van der Waals surface area contributed by atoms with Crippen LogP contribution in [0.25, 0.3) is 0 Å². The summed E-state index contributed by atoms with van der Waals surface area (Å²) < 4.78 is 0. The number of hydrogen-bond donors (Lipinski definition) is 1. The van der Waals surface area contributed by atoms with Crippen molar-refractivity contribution in [2.75, 3.05) is 13.1 Å². The summed E-state index contributed by atoms with van der Waals surface area (Å²) in [6.45, 7) is 3.43. The number of nitrogens with zero attached hydrogens (tertiary/aromatic N) is 1. The van der Waals surface area contributed by atoms with Crippen molar-refractivity contribution < 1.29 is 5.11 Å². The molecule has 1 aromatic carbocycles. The molecule has 1 N–H and O–H groups in total. The van der Waals surface area contributed by atoms with E-state index in [0.29, 0.717) is 0 Å². The number of likely N-dealkylation sites (tertiary alicyclic amines) is 1. The van der Waals surface area contributed by atoms with Gasteiger partial charge in [0.15, 0.2) is 0 Å². The zero-order chi connectivity index (χ0) is 11.0. The fourth-order valence-corrected chi connectivity index (χ4v) is 3.34. The Balaban J connectivity index is 1.60. The molecular weight excluding hydrogens is 198 g/mol. The maximum Gasteiger partial charge on any atom is 0.0546 e. The van der Waals surface area contributed by atoms with Gasteiger partial charge in [-0.1, -0.05) is 30.3 Å². The van der Waals surface area contributed by atoms with Gasteiger partial charge in [0.05, 0.1) is 6.10 Å². The van der Waals surface area contributed by atoms with Gasteiger partial charge in [-0.05, 0) is 30.2 Å². The van der Waals surface area contributed by atoms with Gasteiger partial charge in [0.2, 0.25) is 0 Å². The minimum Gasteiger partial charge on any atom is -0.393 e. The molecule has 2 heteroatoms. The van der Waals surface area contributed by atoms with Crippen LogP contribution in [0.15, 0.2) is 30.3 Å². The summed E-state index contributed by atoms with van der Waals surface area (Å²) in [5.74, 6) is 1.50. The highest BCUT2D eigenvalue weighted by Gasteiger charge is 2.39. The van der Waals surface area contributed by atoms with Gasteiger partial charge in [-0.15, -0.1) is 0 Å². The summed E-state index contributed by atoms with van der Waals surface area (Å²) >= 11 is 0. The second-order valence-corrected chi connectivity index (χ2v) is 5.33. The third-order valence-corrected chi connectivity index (χ3v) is 4.05. The predicted molar refractivity (Wildman–Crippen MR) is 63.9 cm³/mol. The second kappa shape index (κ2) is 4.19. The fourth-order valence-electron chi connectivity index (χ4n) is 3.34. The SMILES string of the molecule is OC1C[C@@H]2CN(Cc3ccccc3)C[C@@H]2C1. The summed E-state index contributed by atoms with van der Waals surface area (Å²) in [4.78, 5) is 2.54. The smallest absolute Gasteiger partial charge is 0.0546 e.